The van der Waals surface area contributed by atoms with Crippen LogP contribution in [0.3, 0.4) is 0 Å². The molecule has 1 aromatic heterocycles. The minimum Gasteiger partial charge on any atom is -0.481 e. The van der Waals surface area contributed by atoms with E-state index in [4.69, 9.17) is 5.11 Å². The quantitative estimate of drug-likeness (QED) is 0.780. The summed E-state index contributed by atoms with van der Waals surface area (Å²) in [5.74, 6) is -1.06. The Kier molecular flexibility index (Phi) is 2.81. The Morgan fingerprint density at radius 3 is 2.92 bits per heavy atom. The van der Waals surface area contributed by atoms with Gasteiger partial charge < -0.3 is 5.11 Å². The van der Waals surface area contributed by atoms with Crippen LogP contribution in [-0.2, 0) is 11.2 Å². The lowest BCUT2D eigenvalue weighted by atomic mass is 10.1. The Hall–Kier alpha value is -0.900. The molecule has 0 aliphatic heterocycles. The fourth-order valence-electron chi connectivity index (χ4n) is 0.889. The molecule has 0 saturated heterocycles. The number of carbonyl (C=O) groups is 1. The summed E-state index contributed by atoms with van der Waals surface area (Å²) in [5.41, 5.74) is 0. The van der Waals surface area contributed by atoms with E-state index in [1.54, 1.807) is 24.5 Å². The Balaban J connectivity index is 2.58. The van der Waals surface area contributed by atoms with Crippen LogP contribution in [0.15, 0.2) is 6.20 Å². The first kappa shape index (κ1) is 9.19. The highest BCUT2D eigenvalue weighted by molar-refractivity contribution is 7.11. The molecule has 0 spiro atoms. The average Bonchev–Trinajstić information content (AvgIpc) is 2.35. The molecule has 4 heteroatoms. The standard InChI is InChI=1S/C8H11NO2S/c1-5(8(10)11)3-7-4-9-6(2)12-7/h4-5H,3H2,1-2H3,(H,10,11)/t5-/m1/s1. The lowest BCUT2D eigenvalue weighted by Crippen LogP contribution is -2.11. The number of aromatic nitrogens is 1. The van der Waals surface area contributed by atoms with E-state index in [1.165, 1.54) is 0 Å². The molecule has 0 aromatic carbocycles. The van der Waals surface area contributed by atoms with Crippen molar-refractivity contribution < 1.29 is 9.90 Å². The number of thiazole rings is 1. The average molecular weight is 185 g/mol. The highest BCUT2D eigenvalue weighted by Crippen LogP contribution is 2.15. The number of hydrogen-bond acceptors (Lipinski definition) is 3. The summed E-state index contributed by atoms with van der Waals surface area (Å²) in [6, 6.07) is 0. The Labute approximate surface area is 75.1 Å². The molecule has 0 aliphatic carbocycles. The second kappa shape index (κ2) is 3.67. The van der Waals surface area contributed by atoms with E-state index in [2.05, 4.69) is 4.98 Å². The third-order valence-electron chi connectivity index (χ3n) is 1.60. The molecule has 0 fully saturated rings. The van der Waals surface area contributed by atoms with Gasteiger partial charge in [0.1, 0.15) is 0 Å². The monoisotopic (exact) mass is 185 g/mol. The molecule has 3 nitrogen and oxygen atoms in total. The van der Waals surface area contributed by atoms with Crippen molar-refractivity contribution in [2.75, 3.05) is 0 Å². The van der Waals surface area contributed by atoms with Crippen LogP contribution >= 0.6 is 11.3 Å². The first-order valence-corrected chi connectivity index (χ1v) is 4.55. The van der Waals surface area contributed by atoms with Crippen LogP contribution < -0.4 is 0 Å². The number of nitrogens with zero attached hydrogens (tertiary/aromatic N) is 1. The summed E-state index contributed by atoms with van der Waals surface area (Å²) in [4.78, 5) is 15.6. The Morgan fingerprint density at radius 1 is 1.83 bits per heavy atom. The molecule has 1 heterocycles. The second-order valence-corrected chi connectivity index (χ2v) is 4.11. The molecule has 1 N–H and O–H groups in total. The Bertz CT molecular complexity index is 282. The number of hydrogen-bond donors (Lipinski definition) is 1. The largest absolute Gasteiger partial charge is 0.481 e. The van der Waals surface area contributed by atoms with Crippen LogP contribution in [0, 0.1) is 12.8 Å². The van der Waals surface area contributed by atoms with E-state index in [0.717, 1.165) is 9.88 Å². The minimum atomic E-state index is -0.749. The molecule has 1 rings (SSSR count). The van der Waals surface area contributed by atoms with Gasteiger partial charge in [-0.05, 0) is 13.3 Å². The maximum absolute atomic E-state index is 10.5. The molecule has 0 saturated carbocycles. The van der Waals surface area contributed by atoms with Crippen LogP contribution in [0.2, 0.25) is 0 Å². The zero-order valence-electron chi connectivity index (χ0n) is 7.07. The van der Waals surface area contributed by atoms with Gasteiger partial charge in [0.15, 0.2) is 0 Å². The molecule has 12 heavy (non-hydrogen) atoms. The summed E-state index contributed by atoms with van der Waals surface area (Å²) in [6.45, 7) is 3.62. The van der Waals surface area contributed by atoms with Crippen LogP contribution in [0.5, 0.6) is 0 Å². The lowest BCUT2D eigenvalue weighted by Gasteiger charge is -2.01. The van der Waals surface area contributed by atoms with Crippen molar-refractivity contribution in [1.82, 2.24) is 4.98 Å². The van der Waals surface area contributed by atoms with Crippen LogP contribution in [-0.4, -0.2) is 16.1 Å². The van der Waals surface area contributed by atoms with Crippen molar-refractivity contribution in [3.63, 3.8) is 0 Å². The zero-order valence-corrected chi connectivity index (χ0v) is 7.89. The lowest BCUT2D eigenvalue weighted by molar-refractivity contribution is -0.141. The number of aliphatic carboxylic acids is 1. The van der Waals surface area contributed by atoms with Gasteiger partial charge in [0.05, 0.1) is 10.9 Å². The summed E-state index contributed by atoms with van der Waals surface area (Å²) in [6.07, 6.45) is 2.33. The first-order chi connectivity index (χ1) is 5.59. The molecule has 0 unspecified atom stereocenters. The van der Waals surface area contributed by atoms with Crippen molar-refractivity contribution >= 4 is 17.3 Å². The van der Waals surface area contributed by atoms with E-state index in [-0.39, 0.29) is 5.92 Å². The van der Waals surface area contributed by atoms with Crippen molar-refractivity contribution in [2.24, 2.45) is 5.92 Å². The van der Waals surface area contributed by atoms with Gasteiger partial charge >= 0.3 is 5.97 Å². The third kappa shape index (κ3) is 2.30. The first-order valence-electron chi connectivity index (χ1n) is 3.73. The van der Waals surface area contributed by atoms with Crippen LogP contribution in [0.1, 0.15) is 16.8 Å². The van der Waals surface area contributed by atoms with E-state index >= 15 is 0 Å². The number of carboxylic acids is 1. The van der Waals surface area contributed by atoms with Gasteiger partial charge in [-0.1, -0.05) is 6.92 Å². The smallest absolute Gasteiger partial charge is 0.306 e. The predicted octanol–water partition coefficient (Wildman–Crippen LogP) is 1.71. The molecule has 0 aliphatic rings. The predicted molar refractivity (Wildman–Crippen MR) is 47.4 cm³/mol. The van der Waals surface area contributed by atoms with Crippen LogP contribution in [0.4, 0.5) is 0 Å². The Morgan fingerprint density at radius 2 is 2.50 bits per heavy atom. The topological polar surface area (TPSA) is 50.2 Å². The van der Waals surface area contributed by atoms with E-state index < -0.39 is 5.97 Å². The van der Waals surface area contributed by atoms with Crippen molar-refractivity contribution in [2.45, 2.75) is 20.3 Å². The molecular weight excluding hydrogens is 174 g/mol. The third-order valence-corrected chi connectivity index (χ3v) is 2.53. The van der Waals surface area contributed by atoms with Crippen molar-refractivity contribution in [3.8, 4) is 0 Å². The van der Waals surface area contributed by atoms with Gasteiger partial charge in [-0.15, -0.1) is 11.3 Å². The molecule has 0 bridgehead atoms. The zero-order chi connectivity index (χ0) is 9.14. The van der Waals surface area contributed by atoms with Crippen molar-refractivity contribution in [3.05, 3.63) is 16.1 Å². The summed E-state index contributed by atoms with van der Waals surface area (Å²) in [5, 5.41) is 9.62. The maximum Gasteiger partial charge on any atom is 0.306 e. The van der Waals surface area contributed by atoms with Gasteiger partial charge in [-0.25, -0.2) is 4.98 Å². The van der Waals surface area contributed by atoms with Crippen molar-refractivity contribution in [1.29, 1.82) is 0 Å². The molecule has 66 valence electrons. The summed E-state index contributed by atoms with van der Waals surface area (Å²) < 4.78 is 0. The molecule has 1 atom stereocenters. The molecular formula is C8H11NO2S. The van der Waals surface area contributed by atoms with Gasteiger partial charge in [0.2, 0.25) is 0 Å². The van der Waals surface area contributed by atoms with E-state index in [9.17, 15) is 4.79 Å². The molecule has 1 aromatic rings. The number of rotatable bonds is 3. The highest BCUT2D eigenvalue weighted by atomic mass is 32.1. The minimum absolute atomic E-state index is 0.315. The fourth-order valence-corrected chi connectivity index (χ4v) is 1.81. The maximum atomic E-state index is 10.5. The summed E-state index contributed by atoms with van der Waals surface area (Å²) >= 11 is 1.56. The normalized spacial score (nSPS) is 12.8. The van der Waals surface area contributed by atoms with Crippen LogP contribution in [0.25, 0.3) is 0 Å². The highest BCUT2D eigenvalue weighted by Gasteiger charge is 2.12. The van der Waals surface area contributed by atoms with Gasteiger partial charge in [0.25, 0.3) is 0 Å². The van der Waals surface area contributed by atoms with E-state index in [0.29, 0.717) is 6.42 Å². The number of aryl methyl sites for hydroxylation is 1. The van der Waals surface area contributed by atoms with E-state index in [1.807, 2.05) is 6.92 Å². The van der Waals surface area contributed by atoms with Gasteiger partial charge in [-0.3, -0.25) is 4.79 Å². The molecule has 0 amide bonds. The SMILES string of the molecule is Cc1ncc(C[C@@H](C)C(=O)O)s1. The summed E-state index contributed by atoms with van der Waals surface area (Å²) in [7, 11) is 0. The number of carboxylic acid groups (broad SMARTS) is 1. The molecule has 0 radical (unpaired) electrons. The van der Waals surface area contributed by atoms with Gasteiger partial charge in [0, 0.05) is 11.1 Å². The van der Waals surface area contributed by atoms with Gasteiger partial charge in [-0.2, -0.15) is 0 Å². The second-order valence-electron chi connectivity index (χ2n) is 2.79. The fraction of sp³-hybridized carbons (Fsp3) is 0.500.